The zero-order chi connectivity index (χ0) is 13.4. The monoisotopic (exact) mass is 367 g/mol. The minimum atomic E-state index is -0.224. The Morgan fingerprint density at radius 2 is 1.95 bits per heavy atom. The van der Waals surface area contributed by atoms with Crippen molar-refractivity contribution in [3.05, 3.63) is 39.7 Å². The van der Waals surface area contributed by atoms with E-state index in [1.165, 1.54) is 4.52 Å². The van der Waals surface area contributed by atoms with Gasteiger partial charge in [0, 0.05) is 5.56 Å². The molecule has 19 heavy (non-hydrogen) atoms. The van der Waals surface area contributed by atoms with Gasteiger partial charge < -0.3 is 10.8 Å². The lowest BCUT2D eigenvalue weighted by Crippen LogP contribution is -2.05. The van der Waals surface area contributed by atoms with Crippen LogP contribution in [0.15, 0.2) is 30.3 Å². The maximum Gasteiger partial charge on any atom is 0.223 e. The van der Waals surface area contributed by atoms with Gasteiger partial charge in [-0.05, 0) is 22.6 Å². The Balaban J connectivity index is 2.30. The normalized spacial score (nSPS) is 11.1. The summed E-state index contributed by atoms with van der Waals surface area (Å²) in [7, 11) is 0. The van der Waals surface area contributed by atoms with Crippen molar-refractivity contribution in [3.8, 4) is 11.3 Å². The second-order valence-electron chi connectivity index (χ2n) is 3.92. The predicted octanol–water partition coefficient (Wildman–Crippen LogP) is 1.47. The summed E-state index contributed by atoms with van der Waals surface area (Å²) >= 11 is 2.17. The molecule has 0 fully saturated rings. The minimum Gasteiger partial charge on any atom is -0.388 e. The Morgan fingerprint density at radius 3 is 2.63 bits per heavy atom. The lowest BCUT2D eigenvalue weighted by molar-refractivity contribution is 0.271. The van der Waals surface area contributed by atoms with Gasteiger partial charge in [0.1, 0.15) is 6.61 Å². The van der Waals surface area contributed by atoms with E-state index >= 15 is 0 Å². The summed E-state index contributed by atoms with van der Waals surface area (Å²) in [6, 6.07) is 9.75. The molecule has 0 bridgehead atoms. The van der Waals surface area contributed by atoms with E-state index in [1.54, 1.807) is 0 Å². The molecule has 1 aromatic carbocycles. The van der Waals surface area contributed by atoms with Crippen LogP contribution in [0.4, 0.5) is 5.95 Å². The molecule has 0 saturated carbocycles. The SMILES string of the molecule is Nc1nc(-c2ccccc2)c(I)c2nc(CO)nn12. The summed E-state index contributed by atoms with van der Waals surface area (Å²) in [6.07, 6.45) is 0. The molecule has 3 aromatic rings. The molecule has 0 saturated heterocycles. The molecular weight excluding hydrogens is 357 g/mol. The molecule has 0 spiro atoms. The lowest BCUT2D eigenvalue weighted by Gasteiger charge is -2.06. The largest absolute Gasteiger partial charge is 0.388 e. The number of nitrogens with two attached hydrogens (primary N) is 1. The van der Waals surface area contributed by atoms with E-state index in [0.29, 0.717) is 11.5 Å². The quantitative estimate of drug-likeness (QED) is 0.670. The second-order valence-corrected chi connectivity index (χ2v) is 5.00. The van der Waals surface area contributed by atoms with E-state index in [9.17, 15) is 0 Å². The van der Waals surface area contributed by atoms with Crippen molar-refractivity contribution in [1.29, 1.82) is 0 Å². The first-order valence-corrected chi connectivity index (χ1v) is 6.65. The average molecular weight is 367 g/mol. The summed E-state index contributed by atoms with van der Waals surface area (Å²) in [5.74, 6) is 0.582. The summed E-state index contributed by atoms with van der Waals surface area (Å²) in [5.41, 5.74) is 8.24. The molecule has 0 amide bonds. The van der Waals surface area contributed by atoms with Gasteiger partial charge in [-0.15, -0.1) is 5.10 Å². The van der Waals surface area contributed by atoms with E-state index in [2.05, 4.69) is 37.7 Å². The van der Waals surface area contributed by atoms with Crippen molar-refractivity contribution in [2.45, 2.75) is 6.61 Å². The van der Waals surface area contributed by atoms with Crippen molar-refractivity contribution in [2.24, 2.45) is 0 Å². The molecule has 3 rings (SSSR count). The van der Waals surface area contributed by atoms with Gasteiger partial charge in [-0.2, -0.15) is 4.52 Å². The molecular formula is C12H10IN5O. The number of aromatic nitrogens is 4. The Morgan fingerprint density at radius 1 is 1.21 bits per heavy atom. The number of halogens is 1. The van der Waals surface area contributed by atoms with E-state index in [4.69, 9.17) is 10.8 Å². The van der Waals surface area contributed by atoms with E-state index in [-0.39, 0.29) is 12.6 Å². The van der Waals surface area contributed by atoms with Crippen molar-refractivity contribution >= 4 is 34.2 Å². The van der Waals surface area contributed by atoms with Gasteiger partial charge in [-0.1, -0.05) is 30.3 Å². The lowest BCUT2D eigenvalue weighted by atomic mass is 10.1. The van der Waals surface area contributed by atoms with Crippen LogP contribution < -0.4 is 5.73 Å². The van der Waals surface area contributed by atoms with Gasteiger partial charge in [0.15, 0.2) is 11.5 Å². The third-order valence-electron chi connectivity index (χ3n) is 2.69. The Kier molecular flexibility index (Phi) is 3.07. The highest BCUT2D eigenvalue weighted by Gasteiger charge is 2.15. The van der Waals surface area contributed by atoms with Crippen LogP contribution in [-0.2, 0) is 6.61 Å². The average Bonchev–Trinajstić information content (AvgIpc) is 2.89. The van der Waals surface area contributed by atoms with Crippen molar-refractivity contribution < 1.29 is 5.11 Å². The Bertz CT molecular complexity index is 741. The molecule has 3 N–H and O–H groups in total. The van der Waals surface area contributed by atoms with Gasteiger partial charge in [0.25, 0.3) is 0 Å². The van der Waals surface area contributed by atoms with Gasteiger partial charge >= 0.3 is 0 Å². The van der Waals surface area contributed by atoms with Crippen LogP contribution in [0, 0.1) is 3.57 Å². The number of aliphatic hydroxyl groups is 1. The fraction of sp³-hybridized carbons (Fsp3) is 0.0833. The first kappa shape index (κ1) is 12.3. The van der Waals surface area contributed by atoms with Gasteiger partial charge in [-0.25, -0.2) is 9.97 Å². The number of aliphatic hydroxyl groups excluding tert-OH is 1. The number of hydrogen-bond donors (Lipinski definition) is 2. The molecule has 7 heteroatoms. The van der Waals surface area contributed by atoms with Crippen LogP contribution in [0.1, 0.15) is 5.82 Å². The highest BCUT2D eigenvalue weighted by atomic mass is 127. The van der Waals surface area contributed by atoms with E-state index in [1.807, 2.05) is 30.3 Å². The fourth-order valence-electron chi connectivity index (χ4n) is 1.83. The highest BCUT2D eigenvalue weighted by molar-refractivity contribution is 14.1. The van der Waals surface area contributed by atoms with Crippen LogP contribution >= 0.6 is 22.6 Å². The minimum absolute atomic E-state index is 0.224. The standard InChI is InChI=1S/C12H10IN5O/c13-9-10(7-4-2-1-3-5-7)16-12(14)18-11(9)15-8(6-19)17-18/h1-5,19H,6H2,(H2,14,16). The molecule has 2 heterocycles. The molecule has 0 aliphatic carbocycles. The number of nitrogens with zero attached hydrogens (tertiary/aromatic N) is 4. The van der Waals surface area contributed by atoms with Crippen LogP contribution in [0.3, 0.4) is 0 Å². The number of benzene rings is 1. The number of fused-ring (bicyclic) bond motifs is 1. The molecule has 0 aliphatic heterocycles. The predicted molar refractivity (Wildman–Crippen MR) is 79.3 cm³/mol. The van der Waals surface area contributed by atoms with Crippen molar-refractivity contribution in [3.63, 3.8) is 0 Å². The number of nitrogen functional groups attached to an aromatic ring is 1. The highest BCUT2D eigenvalue weighted by Crippen LogP contribution is 2.27. The van der Waals surface area contributed by atoms with Crippen LogP contribution in [-0.4, -0.2) is 24.7 Å². The maximum absolute atomic E-state index is 9.10. The zero-order valence-electron chi connectivity index (χ0n) is 9.79. The molecule has 0 aliphatic rings. The topological polar surface area (TPSA) is 89.3 Å². The van der Waals surface area contributed by atoms with Gasteiger partial charge in [-0.3, -0.25) is 0 Å². The zero-order valence-corrected chi connectivity index (χ0v) is 11.9. The summed E-state index contributed by atoms with van der Waals surface area (Å²) < 4.78 is 2.30. The third-order valence-corrected chi connectivity index (χ3v) is 3.68. The fourth-order valence-corrected chi connectivity index (χ4v) is 2.61. The summed E-state index contributed by atoms with van der Waals surface area (Å²) in [4.78, 5) is 8.62. The molecule has 0 atom stereocenters. The van der Waals surface area contributed by atoms with Crippen molar-refractivity contribution in [2.75, 3.05) is 5.73 Å². The smallest absolute Gasteiger partial charge is 0.223 e. The molecule has 0 radical (unpaired) electrons. The summed E-state index contributed by atoms with van der Waals surface area (Å²) in [5, 5.41) is 13.2. The van der Waals surface area contributed by atoms with Crippen molar-refractivity contribution in [1.82, 2.24) is 19.6 Å². The molecule has 2 aromatic heterocycles. The van der Waals surface area contributed by atoms with Crippen LogP contribution in [0.2, 0.25) is 0 Å². The van der Waals surface area contributed by atoms with Crippen LogP contribution in [0.25, 0.3) is 16.9 Å². The van der Waals surface area contributed by atoms with E-state index in [0.717, 1.165) is 14.8 Å². The second kappa shape index (κ2) is 4.74. The van der Waals surface area contributed by atoms with E-state index < -0.39 is 0 Å². The van der Waals surface area contributed by atoms with Crippen LogP contribution in [0.5, 0.6) is 0 Å². The first-order chi connectivity index (χ1) is 9.20. The Labute approximate surface area is 122 Å². The molecule has 6 nitrogen and oxygen atoms in total. The molecule has 0 unspecified atom stereocenters. The maximum atomic E-state index is 9.10. The number of hydrogen-bond acceptors (Lipinski definition) is 5. The number of anilines is 1. The van der Waals surface area contributed by atoms with Gasteiger partial charge in [0.2, 0.25) is 5.95 Å². The Hall–Kier alpha value is -1.74. The third kappa shape index (κ3) is 2.04. The summed E-state index contributed by atoms with van der Waals surface area (Å²) in [6.45, 7) is -0.224. The first-order valence-electron chi connectivity index (χ1n) is 5.57. The number of rotatable bonds is 2. The van der Waals surface area contributed by atoms with Gasteiger partial charge in [0.05, 0.1) is 9.26 Å². The molecule has 96 valence electrons.